The molecule has 1 N–H and O–H groups in total. The normalized spacial score (nSPS) is 26.2. The Hall–Kier alpha value is -0.870. The van der Waals surface area contributed by atoms with E-state index in [1.807, 2.05) is 0 Å². The Balaban J connectivity index is 1.82. The first kappa shape index (κ1) is 11.2. The van der Waals surface area contributed by atoms with Crippen LogP contribution in [0.3, 0.4) is 0 Å². The Bertz CT molecular complexity index is 422. The third-order valence-electron chi connectivity index (χ3n) is 4.33. The molecule has 1 spiro atoms. The summed E-state index contributed by atoms with van der Waals surface area (Å²) < 4.78 is 0. The molecule has 4 nitrogen and oxygen atoms in total. The maximum absolute atomic E-state index is 9.50. The van der Waals surface area contributed by atoms with Gasteiger partial charge in [-0.25, -0.2) is 9.97 Å². The van der Waals surface area contributed by atoms with E-state index in [1.54, 1.807) is 6.07 Å². The van der Waals surface area contributed by atoms with Gasteiger partial charge in [0.15, 0.2) is 0 Å². The second-order valence-corrected chi connectivity index (χ2v) is 5.56. The number of aromatic nitrogens is 2. The molecule has 0 aromatic carbocycles. The Morgan fingerprint density at radius 1 is 1.47 bits per heavy atom. The van der Waals surface area contributed by atoms with Crippen LogP contribution in [0.1, 0.15) is 19.3 Å². The van der Waals surface area contributed by atoms with Crippen LogP contribution in [-0.4, -0.2) is 34.8 Å². The van der Waals surface area contributed by atoms with E-state index in [-0.39, 0.29) is 6.61 Å². The van der Waals surface area contributed by atoms with Crippen LogP contribution in [0.4, 0.5) is 5.82 Å². The lowest BCUT2D eigenvalue weighted by Crippen LogP contribution is -2.38. The zero-order valence-corrected chi connectivity index (χ0v) is 10.4. The van der Waals surface area contributed by atoms with Crippen molar-refractivity contribution in [2.75, 3.05) is 24.6 Å². The van der Waals surface area contributed by atoms with Gasteiger partial charge in [-0.1, -0.05) is 18.0 Å². The maximum Gasteiger partial charge on any atom is 0.134 e. The second-order valence-electron chi connectivity index (χ2n) is 5.17. The standard InChI is InChI=1S/C12H16ClN3O/c13-10-4-11(15-8-14-10)16-5-9(6-17)12(7-16)2-1-3-12/h4,8-9,17H,1-3,5-7H2/t9-/m1/s1. The fraction of sp³-hybridized carbons (Fsp3) is 0.667. The van der Waals surface area contributed by atoms with Crippen LogP contribution >= 0.6 is 11.6 Å². The average Bonchev–Trinajstić information content (AvgIpc) is 2.68. The molecule has 2 fully saturated rings. The van der Waals surface area contributed by atoms with Crippen molar-refractivity contribution in [1.82, 2.24) is 9.97 Å². The number of rotatable bonds is 2. The van der Waals surface area contributed by atoms with E-state index in [0.717, 1.165) is 18.9 Å². The number of halogens is 1. The van der Waals surface area contributed by atoms with Gasteiger partial charge in [-0.15, -0.1) is 0 Å². The molecule has 2 aliphatic rings. The molecule has 0 radical (unpaired) electrons. The Morgan fingerprint density at radius 2 is 2.29 bits per heavy atom. The van der Waals surface area contributed by atoms with Crippen LogP contribution in [0.5, 0.6) is 0 Å². The van der Waals surface area contributed by atoms with E-state index >= 15 is 0 Å². The Labute approximate surface area is 106 Å². The highest BCUT2D eigenvalue weighted by molar-refractivity contribution is 6.29. The van der Waals surface area contributed by atoms with Gasteiger partial charge in [0.1, 0.15) is 17.3 Å². The highest BCUT2D eigenvalue weighted by Gasteiger charge is 2.50. The highest BCUT2D eigenvalue weighted by Crippen LogP contribution is 2.52. The smallest absolute Gasteiger partial charge is 0.134 e. The SMILES string of the molecule is OC[C@H]1CN(c2cc(Cl)ncn2)CC12CCC2. The lowest BCUT2D eigenvalue weighted by molar-refractivity contribution is 0.0571. The molecule has 17 heavy (non-hydrogen) atoms. The summed E-state index contributed by atoms with van der Waals surface area (Å²) in [5, 5.41) is 9.98. The summed E-state index contributed by atoms with van der Waals surface area (Å²) >= 11 is 5.89. The van der Waals surface area contributed by atoms with Crippen LogP contribution < -0.4 is 4.90 Å². The van der Waals surface area contributed by atoms with Gasteiger partial charge in [-0.2, -0.15) is 0 Å². The molecule has 1 saturated carbocycles. The number of anilines is 1. The predicted octanol–water partition coefficient (Wildman–Crippen LogP) is 1.73. The minimum absolute atomic E-state index is 0.273. The van der Waals surface area contributed by atoms with E-state index in [4.69, 9.17) is 11.6 Å². The van der Waals surface area contributed by atoms with Crippen molar-refractivity contribution in [2.45, 2.75) is 19.3 Å². The Morgan fingerprint density at radius 3 is 2.82 bits per heavy atom. The van der Waals surface area contributed by atoms with Gasteiger partial charge in [0.05, 0.1) is 0 Å². The molecular weight excluding hydrogens is 238 g/mol. The molecule has 1 aliphatic carbocycles. The van der Waals surface area contributed by atoms with Crippen LogP contribution in [0.15, 0.2) is 12.4 Å². The molecule has 1 atom stereocenters. The molecule has 3 rings (SSSR count). The van der Waals surface area contributed by atoms with E-state index < -0.39 is 0 Å². The monoisotopic (exact) mass is 253 g/mol. The zero-order valence-electron chi connectivity index (χ0n) is 9.64. The van der Waals surface area contributed by atoms with Crippen molar-refractivity contribution in [3.63, 3.8) is 0 Å². The highest BCUT2D eigenvalue weighted by atomic mass is 35.5. The zero-order chi connectivity index (χ0) is 11.9. The second kappa shape index (κ2) is 4.10. The topological polar surface area (TPSA) is 49.2 Å². The summed E-state index contributed by atoms with van der Waals surface area (Å²) in [6.45, 7) is 2.14. The summed E-state index contributed by atoms with van der Waals surface area (Å²) in [4.78, 5) is 10.4. The summed E-state index contributed by atoms with van der Waals surface area (Å²) in [5.74, 6) is 1.26. The van der Waals surface area contributed by atoms with Crippen molar-refractivity contribution in [3.05, 3.63) is 17.5 Å². The average molecular weight is 254 g/mol. The third-order valence-corrected chi connectivity index (χ3v) is 4.53. The first-order valence-corrected chi connectivity index (χ1v) is 6.45. The first-order valence-electron chi connectivity index (χ1n) is 6.07. The van der Waals surface area contributed by atoms with E-state index in [1.165, 1.54) is 25.6 Å². The molecule has 0 amide bonds. The quantitative estimate of drug-likeness (QED) is 0.816. The molecule has 1 aromatic heterocycles. The van der Waals surface area contributed by atoms with Crippen LogP contribution in [0.2, 0.25) is 5.15 Å². The summed E-state index contributed by atoms with van der Waals surface area (Å²) in [5.41, 5.74) is 0.326. The summed E-state index contributed by atoms with van der Waals surface area (Å²) in [6, 6.07) is 1.80. The van der Waals surface area contributed by atoms with Crippen molar-refractivity contribution < 1.29 is 5.11 Å². The number of aliphatic hydroxyl groups is 1. The number of hydrogen-bond donors (Lipinski definition) is 1. The van der Waals surface area contributed by atoms with E-state index in [9.17, 15) is 5.11 Å². The fourth-order valence-electron chi connectivity index (χ4n) is 3.15. The molecule has 1 aromatic rings. The predicted molar refractivity (Wildman–Crippen MR) is 66.1 cm³/mol. The maximum atomic E-state index is 9.50. The lowest BCUT2D eigenvalue weighted by Gasteiger charge is -2.42. The minimum Gasteiger partial charge on any atom is -0.396 e. The van der Waals surface area contributed by atoms with Crippen molar-refractivity contribution in [2.24, 2.45) is 11.3 Å². The van der Waals surface area contributed by atoms with Gasteiger partial charge in [-0.05, 0) is 18.3 Å². The van der Waals surface area contributed by atoms with Crippen molar-refractivity contribution in [3.8, 4) is 0 Å². The molecule has 1 saturated heterocycles. The molecule has 5 heteroatoms. The van der Waals surface area contributed by atoms with Crippen molar-refractivity contribution >= 4 is 17.4 Å². The van der Waals surface area contributed by atoms with Gasteiger partial charge in [0.25, 0.3) is 0 Å². The molecule has 0 bridgehead atoms. The number of hydrogen-bond acceptors (Lipinski definition) is 4. The molecule has 0 unspecified atom stereocenters. The number of aliphatic hydroxyl groups excluding tert-OH is 1. The van der Waals surface area contributed by atoms with Crippen LogP contribution in [-0.2, 0) is 0 Å². The molecule has 2 heterocycles. The van der Waals surface area contributed by atoms with E-state index in [0.29, 0.717) is 16.5 Å². The summed E-state index contributed by atoms with van der Waals surface area (Å²) in [7, 11) is 0. The van der Waals surface area contributed by atoms with Crippen LogP contribution in [0, 0.1) is 11.3 Å². The molecule has 1 aliphatic heterocycles. The Kier molecular flexibility index (Phi) is 2.71. The van der Waals surface area contributed by atoms with Gasteiger partial charge >= 0.3 is 0 Å². The summed E-state index contributed by atoms with van der Waals surface area (Å²) in [6.07, 6.45) is 5.24. The largest absolute Gasteiger partial charge is 0.396 e. The van der Waals surface area contributed by atoms with Gasteiger partial charge in [0.2, 0.25) is 0 Å². The molecular formula is C12H16ClN3O. The third kappa shape index (κ3) is 1.79. The van der Waals surface area contributed by atoms with Crippen LogP contribution in [0.25, 0.3) is 0 Å². The van der Waals surface area contributed by atoms with E-state index in [2.05, 4.69) is 14.9 Å². The van der Waals surface area contributed by atoms with Crippen molar-refractivity contribution in [1.29, 1.82) is 0 Å². The lowest BCUT2D eigenvalue weighted by atomic mass is 9.63. The number of nitrogens with zero attached hydrogens (tertiary/aromatic N) is 3. The molecule has 92 valence electrons. The van der Waals surface area contributed by atoms with Gasteiger partial charge < -0.3 is 10.0 Å². The van der Waals surface area contributed by atoms with Gasteiger partial charge in [-0.3, -0.25) is 0 Å². The fourth-order valence-corrected chi connectivity index (χ4v) is 3.30. The minimum atomic E-state index is 0.273. The van der Waals surface area contributed by atoms with Gasteiger partial charge in [0, 0.05) is 31.7 Å². The first-order chi connectivity index (χ1) is 8.23.